The summed E-state index contributed by atoms with van der Waals surface area (Å²) in [6.07, 6.45) is -3.48. The molecule has 0 spiro atoms. The molecule has 0 aromatic heterocycles. The molecule has 1 unspecified atom stereocenters. The Hall–Kier alpha value is -2.76. The molecule has 26 heavy (non-hydrogen) atoms. The predicted octanol–water partition coefficient (Wildman–Crippen LogP) is 4.02. The normalized spacial score (nSPS) is 18.0. The lowest BCUT2D eigenvalue weighted by molar-refractivity contribution is -0.130. The third-order valence-corrected chi connectivity index (χ3v) is 4.47. The number of amides is 2. The van der Waals surface area contributed by atoms with Gasteiger partial charge in [0, 0.05) is 6.42 Å². The van der Waals surface area contributed by atoms with Crippen LogP contribution in [0.2, 0.25) is 0 Å². The van der Waals surface area contributed by atoms with E-state index in [2.05, 4.69) is 0 Å². The molecule has 1 aliphatic heterocycles. The number of benzene rings is 2. The van der Waals surface area contributed by atoms with Crippen molar-refractivity contribution in [3.8, 4) is 0 Å². The van der Waals surface area contributed by atoms with Gasteiger partial charge in [-0.05, 0) is 17.5 Å². The number of ether oxygens (including phenoxy) is 1. The summed E-state index contributed by atoms with van der Waals surface area (Å²) in [5.41, 5.74) is 1.32. The summed E-state index contributed by atoms with van der Waals surface area (Å²) in [4.78, 5) is 25.6. The molecule has 0 saturated carbocycles. The van der Waals surface area contributed by atoms with E-state index in [0.29, 0.717) is 12.0 Å². The molecule has 2 amide bonds. The quantitative estimate of drug-likeness (QED) is 0.783. The number of carbonyl (C=O) groups is 2. The number of carbonyl (C=O) groups excluding carboxylic acids is 2. The number of nitrogens with zero attached hydrogens (tertiary/aromatic N) is 1. The number of hydrogen-bond donors (Lipinski definition) is 0. The lowest BCUT2D eigenvalue weighted by Gasteiger charge is -2.23. The van der Waals surface area contributed by atoms with Crippen LogP contribution in [0.4, 0.5) is 13.6 Å². The van der Waals surface area contributed by atoms with Crippen molar-refractivity contribution in [3.05, 3.63) is 71.8 Å². The van der Waals surface area contributed by atoms with Gasteiger partial charge in [-0.25, -0.2) is 18.5 Å². The van der Waals surface area contributed by atoms with Gasteiger partial charge < -0.3 is 4.74 Å². The third kappa shape index (κ3) is 4.07. The van der Waals surface area contributed by atoms with Crippen molar-refractivity contribution in [2.24, 2.45) is 0 Å². The third-order valence-electron chi connectivity index (χ3n) is 4.47. The fourth-order valence-electron chi connectivity index (χ4n) is 3.14. The molecule has 2 atom stereocenters. The van der Waals surface area contributed by atoms with Gasteiger partial charge in [0.05, 0.1) is 12.0 Å². The summed E-state index contributed by atoms with van der Waals surface area (Å²) in [6, 6.07) is 17.0. The maximum atomic E-state index is 13.5. The molecule has 6 heteroatoms. The number of hydrogen-bond acceptors (Lipinski definition) is 3. The van der Waals surface area contributed by atoms with E-state index in [0.717, 1.165) is 10.5 Å². The highest BCUT2D eigenvalue weighted by Crippen LogP contribution is 2.29. The van der Waals surface area contributed by atoms with Crippen molar-refractivity contribution >= 4 is 12.0 Å². The molecule has 1 fully saturated rings. The van der Waals surface area contributed by atoms with Crippen LogP contribution in [0.3, 0.4) is 0 Å². The Morgan fingerprint density at radius 2 is 1.69 bits per heavy atom. The van der Waals surface area contributed by atoms with Crippen molar-refractivity contribution in [3.63, 3.8) is 0 Å². The van der Waals surface area contributed by atoms with Gasteiger partial charge in [-0.3, -0.25) is 4.79 Å². The standard InChI is InChI=1S/C20H19F2NO3/c21-19(22)17(15-9-5-2-6-10-15)12-18(24)23-16(13-26-20(23)25)11-14-7-3-1-4-8-14/h1-10,16-17,19H,11-13H2/t16-,17?/m0/s1. The molecular formula is C20H19F2NO3. The Kier molecular flexibility index (Phi) is 5.61. The monoisotopic (exact) mass is 359 g/mol. The highest BCUT2D eigenvalue weighted by Gasteiger charge is 2.39. The Balaban J connectivity index is 1.74. The Morgan fingerprint density at radius 1 is 1.08 bits per heavy atom. The molecule has 0 aliphatic carbocycles. The van der Waals surface area contributed by atoms with Gasteiger partial charge in [0.1, 0.15) is 6.61 Å². The molecule has 4 nitrogen and oxygen atoms in total. The van der Waals surface area contributed by atoms with Gasteiger partial charge in [-0.2, -0.15) is 0 Å². The zero-order chi connectivity index (χ0) is 18.5. The van der Waals surface area contributed by atoms with E-state index >= 15 is 0 Å². The van der Waals surface area contributed by atoms with Crippen LogP contribution in [0.1, 0.15) is 23.5 Å². The van der Waals surface area contributed by atoms with Gasteiger partial charge >= 0.3 is 6.09 Å². The van der Waals surface area contributed by atoms with Crippen LogP contribution in [0, 0.1) is 0 Å². The first-order valence-electron chi connectivity index (χ1n) is 8.42. The van der Waals surface area contributed by atoms with Gasteiger partial charge in [-0.15, -0.1) is 0 Å². The zero-order valence-electron chi connectivity index (χ0n) is 14.1. The fourth-order valence-corrected chi connectivity index (χ4v) is 3.14. The smallest absolute Gasteiger partial charge is 0.416 e. The molecule has 2 aromatic carbocycles. The van der Waals surface area contributed by atoms with Crippen molar-refractivity contribution < 1.29 is 23.1 Å². The topological polar surface area (TPSA) is 46.6 Å². The van der Waals surface area contributed by atoms with Crippen molar-refractivity contribution in [2.45, 2.75) is 31.2 Å². The van der Waals surface area contributed by atoms with Crippen LogP contribution in [0.5, 0.6) is 0 Å². The molecule has 3 rings (SSSR count). The zero-order valence-corrected chi connectivity index (χ0v) is 14.1. The fraction of sp³-hybridized carbons (Fsp3) is 0.300. The average Bonchev–Trinajstić information content (AvgIpc) is 3.01. The molecule has 0 N–H and O–H groups in total. The van der Waals surface area contributed by atoms with Gasteiger partial charge in [0.25, 0.3) is 0 Å². The minimum Gasteiger partial charge on any atom is -0.447 e. The van der Waals surface area contributed by atoms with E-state index in [1.165, 1.54) is 0 Å². The van der Waals surface area contributed by atoms with E-state index in [9.17, 15) is 18.4 Å². The summed E-state index contributed by atoms with van der Waals surface area (Å²) in [6.45, 7) is 0.0736. The first-order chi connectivity index (χ1) is 12.6. The van der Waals surface area contributed by atoms with Gasteiger partial charge in [0.15, 0.2) is 0 Å². The molecule has 1 heterocycles. The molecule has 0 bridgehead atoms. The molecule has 1 aliphatic rings. The maximum Gasteiger partial charge on any atom is 0.416 e. The van der Waals surface area contributed by atoms with Crippen molar-refractivity contribution in [2.75, 3.05) is 6.61 Å². The largest absolute Gasteiger partial charge is 0.447 e. The van der Waals surface area contributed by atoms with Crippen molar-refractivity contribution in [1.29, 1.82) is 0 Å². The SMILES string of the molecule is O=C(CC(c1ccccc1)C(F)F)N1C(=O)OC[C@@H]1Cc1ccccc1. The number of imide groups is 1. The van der Waals surface area contributed by atoms with E-state index in [1.54, 1.807) is 30.3 Å². The molecule has 0 radical (unpaired) electrons. The van der Waals surface area contributed by atoms with E-state index in [4.69, 9.17) is 4.74 Å². The highest BCUT2D eigenvalue weighted by molar-refractivity contribution is 5.94. The first-order valence-corrected chi connectivity index (χ1v) is 8.42. The summed E-state index contributed by atoms with van der Waals surface area (Å²) >= 11 is 0. The summed E-state index contributed by atoms with van der Waals surface area (Å²) in [5.74, 6) is -1.89. The minimum atomic E-state index is -2.70. The van der Waals surface area contributed by atoms with Crippen LogP contribution in [-0.2, 0) is 16.0 Å². The van der Waals surface area contributed by atoms with Crippen LogP contribution < -0.4 is 0 Å². The lowest BCUT2D eigenvalue weighted by atomic mass is 9.95. The van der Waals surface area contributed by atoms with E-state index in [1.807, 2.05) is 30.3 Å². The van der Waals surface area contributed by atoms with Crippen LogP contribution >= 0.6 is 0 Å². The first kappa shape index (κ1) is 18.0. The van der Waals surface area contributed by atoms with E-state index in [-0.39, 0.29) is 6.61 Å². The summed E-state index contributed by atoms with van der Waals surface area (Å²) in [5, 5.41) is 0. The predicted molar refractivity (Wildman–Crippen MR) is 91.9 cm³/mol. The van der Waals surface area contributed by atoms with Crippen LogP contribution in [0.15, 0.2) is 60.7 Å². The van der Waals surface area contributed by atoms with Crippen LogP contribution in [-0.4, -0.2) is 36.0 Å². The molecule has 1 saturated heterocycles. The van der Waals surface area contributed by atoms with Crippen molar-refractivity contribution in [1.82, 2.24) is 4.90 Å². The second kappa shape index (κ2) is 8.08. The number of alkyl halides is 2. The molecule has 136 valence electrons. The number of halogens is 2. The van der Waals surface area contributed by atoms with Crippen LogP contribution in [0.25, 0.3) is 0 Å². The van der Waals surface area contributed by atoms with E-state index < -0.39 is 36.8 Å². The maximum absolute atomic E-state index is 13.5. The second-order valence-electron chi connectivity index (χ2n) is 6.24. The minimum absolute atomic E-state index is 0.0736. The Morgan fingerprint density at radius 3 is 2.31 bits per heavy atom. The van der Waals surface area contributed by atoms with Gasteiger partial charge in [0.2, 0.25) is 12.3 Å². The number of cyclic esters (lactones) is 1. The summed E-state index contributed by atoms with van der Waals surface area (Å²) < 4.78 is 32.0. The Bertz CT molecular complexity index is 752. The summed E-state index contributed by atoms with van der Waals surface area (Å²) in [7, 11) is 0. The number of rotatable bonds is 6. The lowest BCUT2D eigenvalue weighted by Crippen LogP contribution is -2.41. The molecular weight excluding hydrogens is 340 g/mol. The molecule has 2 aromatic rings. The Labute approximate surface area is 150 Å². The second-order valence-corrected chi connectivity index (χ2v) is 6.24. The van der Waals surface area contributed by atoms with Gasteiger partial charge in [-0.1, -0.05) is 60.7 Å². The highest BCUT2D eigenvalue weighted by atomic mass is 19.3. The average molecular weight is 359 g/mol.